The molecule has 5 heterocycles. The summed E-state index contributed by atoms with van der Waals surface area (Å²) in [5, 5.41) is 13.2. The third-order valence-corrected chi connectivity index (χ3v) is 6.33. The van der Waals surface area contributed by atoms with Gasteiger partial charge in [-0.2, -0.15) is 5.10 Å². The highest BCUT2D eigenvalue weighted by atomic mass is 19.1. The highest BCUT2D eigenvalue weighted by molar-refractivity contribution is 5.94. The van der Waals surface area contributed by atoms with E-state index in [4.69, 9.17) is 0 Å². The zero-order valence-electron chi connectivity index (χ0n) is 22.7. The van der Waals surface area contributed by atoms with E-state index >= 15 is 0 Å². The predicted molar refractivity (Wildman–Crippen MR) is 149 cm³/mol. The fourth-order valence-corrected chi connectivity index (χ4v) is 4.25. The molecule has 202 valence electrons. The van der Waals surface area contributed by atoms with Crippen LogP contribution in [0, 0.1) is 33.5 Å². The summed E-state index contributed by atoms with van der Waals surface area (Å²) in [7, 11) is 0. The first-order chi connectivity index (χ1) is 19.2. The molecular formula is C29H28FN9O. The van der Waals surface area contributed by atoms with Gasteiger partial charge in [-0.05, 0) is 63.9 Å². The fraction of sp³-hybridized carbons (Fsp3) is 0.207. The molecule has 1 atom stereocenters. The van der Waals surface area contributed by atoms with Gasteiger partial charge in [0.15, 0.2) is 11.6 Å². The van der Waals surface area contributed by atoms with Crippen molar-refractivity contribution in [3.63, 3.8) is 0 Å². The molecule has 0 bridgehead atoms. The molecule has 1 amide bonds. The molecule has 0 saturated heterocycles. The van der Waals surface area contributed by atoms with E-state index in [1.54, 1.807) is 25.4 Å². The molecule has 10 nitrogen and oxygen atoms in total. The van der Waals surface area contributed by atoms with Crippen LogP contribution >= 0.6 is 0 Å². The van der Waals surface area contributed by atoms with Crippen molar-refractivity contribution >= 4 is 17.5 Å². The monoisotopic (exact) mass is 537 g/mol. The molecule has 5 rings (SSSR count). The van der Waals surface area contributed by atoms with Gasteiger partial charge in [-0.25, -0.2) is 14.4 Å². The van der Waals surface area contributed by atoms with E-state index in [1.165, 1.54) is 12.3 Å². The number of carbonyl (C=O) groups excluding carboxylic acids is 1. The minimum Gasteiger partial charge on any atom is -0.344 e. The molecule has 0 aliphatic carbocycles. The first-order valence-electron chi connectivity index (χ1n) is 12.7. The van der Waals surface area contributed by atoms with Crippen LogP contribution in [0.3, 0.4) is 0 Å². The van der Waals surface area contributed by atoms with Gasteiger partial charge in [0.2, 0.25) is 0 Å². The number of aromatic amines is 1. The smallest absolute Gasteiger partial charge is 0.270 e. The van der Waals surface area contributed by atoms with Crippen molar-refractivity contribution in [3.05, 3.63) is 94.7 Å². The van der Waals surface area contributed by atoms with Crippen LogP contribution in [0.2, 0.25) is 0 Å². The van der Waals surface area contributed by atoms with Gasteiger partial charge in [-0.15, -0.1) is 0 Å². The standard InChI is InChI=1S/C29H28FN9O/c1-15-8-21(28-34-16(2)9-25(37-28)36-26-10-17(3)38-39-26)13-33-27(15)29(40)35-18(4)20-6-7-24(32-12-20)23-11-22(30)14-31-19(23)5/h6-14,18H,1-5H3,(H,35,40)(H2,34,36,37,38,39). The summed E-state index contributed by atoms with van der Waals surface area (Å²) in [5.74, 6) is 1.01. The van der Waals surface area contributed by atoms with Gasteiger partial charge >= 0.3 is 0 Å². The van der Waals surface area contributed by atoms with E-state index in [9.17, 15) is 9.18 Å². The summed E-state index contributed by atoms with van der Waals surface area (Å²) < 4.78 is 13.7. The lowest BCUT2D eigenvalue weighted by Crippen LogP contribution is -2.28. The van der Waals surface area contributed by atoms with Gasteiger partial charge in [-0.1, -0.05) is 6.07 Å². The molecule has 0 radical (unpaired) electrons. The van der Waals surface area contributed by atoms with Crippen LogP contribution in [0.4, 0.5) is 16.0 Å². The van der Waals surface area contributed by atoms with E-state index in [-0.39, 0.29) is 11.9 Å². The van der Waals surface area contributed by atoms with Crippen LogP contribution < -0.4 is 10.6 Å². The largest absolute Gasteiger partial charge is 0.344 e. The number of aryl methyl sites for hydroxylation is 4. The number of nitrogens with zero attached hydrogens (tertiary/aromatic N) is 6. The normalized spacial score (nSPS) is 11.8. The van der Waals surface area contributed by atoms with Crippen molar-refractivity contribution in [3.8, 4) is 22.6 Å². The van der Waals surface area contributed by atoms with Crippen molar-refractivity contribution in [2.24, 2.45) is 0 Å². The van der Waals surface area contributed by atoms with Crippen molar-refractivity contribution in [2.75, 3.05) is 5.32 Å². The maximum atomic E-state index is 13.7. The summed E-state index contributed by atoms with van der Waals surface area (Å²) in [4.78, 5) is 35.2. The maximum Gasteiger partial charge on any atom is 0.270 e. The van der Waals surface area contributed by atoms with Crippen LogP contribution in [0.5, 0.6) is 0 Å². The van der Waals surface area contributed by atoms with Crippen LogP contribution in [0.15, 0.2) is 55.0 Å². The number of carbonyl (C=O) groups is 1. The molecule has 3 N–H and O–H groups in total. The van der Waals surface area contributed by atoms with Gasteiger partial charge in [0, 0.05) is 52.7 Å². The topological polar surface area (TPSA) is 134 Å². The van der Waals surface area contributed by atoms with Crippen molar-refractivity contribution < 1.29 is 9.18 Å². The molecular weight excluding hydrogens is 509 g/mol. The number of rotatable bonds is 7. The van der Waals surface area contributed by atoms with Gasteiger partial charge in [-0.3, -0.25) is 24.8 Å². The van der Waals surface area contributed by atoms with Gasteiger partial charge in [0.1, 0.15) is 17.3 Å². The second-order valence-electron chi connectivity index (χ2n) is 9.63. The zero-order chi connectivity index (χ0) is 28.4. The summed E-state index contributed by atoms with van der Waals surface area (Å²) in [5.41, 5.74) is 6.10. The third-order valence-electron chi connectivity index (χ3n) is 6.33. The lowest BCUT2D eigenvalue weighted by molar-refractivity contribution is 0.0934. The Hall–Kier alpha value is -5.06. The van der Waals surface area contributed by atoms with E-state index in [1.807, 2.05) is 52.0 Å². The summed E-state index contributed by atoms with van der Waals surface area (Å²) >= 11 is 0. The quantitative estimate of drug-likeness (QED) is 0.254. The van der Waals surface area contributed by atoms with Gasteiger partial charge in [0.05, 0.1) is 17.9 Å². The second kappa shape index (κ2) is 11.0. The van der Waals surface area contributed by atoms with Crippen molar-refractivity contribution in [1.82, 2.24) is 40.4 Å². The molecule has 0 saturated carbocycles. The molecule has 11 heteroatoms. The number of pyridine rings is 3. The Labute approximate surface area is 230 Å². The Balaban J connectivity index is 1.30. The van der Waals surface area contributed by atoms with E-state index in [0.29, 0.717) is 51.2 Å². The number of amides is 1. The Kier molecular flexibility index (Phi) is 7.28. The van der Waals surface area contributed by atoms with Crippen molar-refractivity contribution in [2.45, 2.75) is 40.7 Å². The first kappa shape index (κ1) is 26.5. The highest BCUT2D eigenvalue weighted by Gasteiger charge is 2.17. The predicted octanol–water partition coefficient (Wildman–Crippen LogP) is 5.33. The average molecular weight is 538 g/mol. The number of anilines is 2. The number of hydrogen-bond acceptors (Lipinski definition) is 8. The molecule has 0 fully saturated rings. The Bertz CT molecular complexity index is 1700. The number of halogens is 1. The lowest BCUT2D eigenvalue weighted by Gasteiger charge is -2.15. The van der Waals surface area contributed by atoms with E-state index in [0.717, 1.165) is 17.0 Å². The SMILES string of the molecule is Cc1cc(Nc2cc(C)[nH]n2)nc(-c2cnc(C(=O)NC(C)c3ccc(-c4cc(F)cnc4C)nc3)c(C)c2)n1. The van der Waals surface area contributed by atoms with Crippen LogP contribution in [-0.4, -0.2) is 41.0 Å². The van der Waals surface area contributed by atoms with Gasteiger partial charge < -0.3 is 10.6 Å². The van der Waals surface area contributed by atoms with Crippen LogP contribution in [-0.2, 0) is 0 Å². The number of aromatic nitrogens is 7. The van der Waals surface area contributed by atoms with Crippen LogP contribution in [0.1, 0.15) is 51.7 Å². The molecule has 5 aromatic heterocycles. The molecule has 0 aromatic carbocycles. The molecule has 1 unspecified atom stereocenters. The molecule has 5 aromatic rings. The fourth-order valence-electron chi connectivity index (χ4n) is 4.25. The summed E-state index contributed by atoms with van der Waals surface area (Å²) in [6, 6.07) is 10.3. The molecule has 40 heavy (non-hydrogen) atoms. The van der Waals surface area contributed by atoms with Crippen LogP contribution in [0.25, 0.3) is 22.6 Å². The summed E-state index contributed by atoms with van der Waals surface area (Å²) in [6.45, 7) is 9.29. The number of nitrogens with one attached hydrogen (secondary N) is 3. The number of H-pyrrole nitrogens is 1. The highest BCUT2D eigenvalue weighted by Crippen LogP contribution is 2.24. The van der Waals surface area contributed by atoms with E-state index in [2.05, 4.69) is 45.8 Å². The average Bonchev–Trinajstić information content (AvgIpc) is 3.33. The van der Waals surface area contributed by atoms with Crippen molar-refractivity contribution in [1.29, 1.82) is 0 Å². The molecule has 0 spiro atoms. The minimum absolute atomic E-state index is 0.305. The third kappa shape index (κ3) is 5.83. The Morgan fingerprint density at radius 1 is 0.925 bits per heavy atom. The minimum atomic E-state index is -0.420. The zero-order valence-corrected chi connectivity index (χ0v) is 22.7. The molecule has 0 aliphatic heterocycles. The Morgan fingerprint density at radius 2 is 1.75 bits per heavy atom. The van der Waals surface area contributed by atoms with E-state index < -0.39 is 5.82 Å². The maximum absolute atomic E-state index is 13.7. The van der Waals surface area contributed by atoms with Gasteiger partial charge in [0.25, 0.3) is 5.91 Å². The number of hydrogen-bond donors (Lipinski definition) is 3. The molecule has 0 aliphatic rings. The lowest BCUT2D eigenvalue weighted by atomic mass is 10.1. The summed E-state index contributed by atoms with van der Waals surface area (Å²) in [6.07, 6.45) is 4.44. The Morgan fingerprint density at radius 3 is 2.45 bits per heavy atom. The second-order valence-corrected chi connectivity index (χ2v) is 9.63. The first-order valence-corrected chi connectivity index (χ1v) is 12.7.